The first kappa shape index (κ1) is 47.8. The normalized spacial score (nSPS) is 33.8. The van der Waals surface area contributed by atoms with Crippen LogP contribution in [0.25, 0.3) is 0 Å². The third-order valence-electron chi connectivity index (χ3n) is 15.9. The summed E-state index contributed by atoms with van der Waals surface area (Å²) >= 11 is 0. The Kier molecular flexibility index (Phi) is 14.4. The molecule has 9 atom stereocenters. The van der Waals surface area contributed by atoms with Gasteiger partial charge in [0.25, 0.3) is 0 Å². The number of β-amino-alcohol motifs (C(OH)–C–C–N with tert-alkyl or cyclic N) is 1. The molecule has 1 amide bonds. The van der Waals surface area contributed by atoms with Gasteiger partial charge in [-0.15, -0.1) is 0 Å². The van der Waals surface area contributed by atoms with Gasteiger partial charge in [-0.25, -0.2) is 0 Å². The van der Waals surface area contributed by atoms with Gasteiger partial charge in [-0.2, -0.15) is 0 Å². The number of fused-ring (bicyclic) bond motifs is 6. The van der Waals surface area contributed by atoms with Crippen LogP contribution in [0.15, 0.2) is 113 Å². The van der Waals surface area contributed by atoms with Crippen molar-refractivity contribution in [3.8, 4) is 11.8 Å². The molecule has 350 valence electrons. The first-order valence-corrected chi connectivity index (χ1v) is 24.1. The number of allylic oxidation sites excluding steroid dienone is 9. The monoisotopic (exact) mass is 896 g/mol. The molecular formula is C56H69N3O7. The zero-order valence-electron chi connectivity index (χ0n) is 39.0. The first-order valence-electron chi connectivity index (χ1n) is 24.1. The Morgan fingerprint density at radius 3 is 2.56 bits per heavy atom. The number of amides is 1. The lowest BCUT2D eigenvalue weighted by atomic mass is 9.51. The lowest BCUT2D eigenvalue weighted by Crippen LogP contribution is -2.61. The fraction of sp³-hybridized carbons (Fsp3) is 0.500. The van der Waals surface area contributed by atoms with Crippen LogP contribution in [-0.2, 0) is 33.6 Å². The summed E-state index contributed by atoms with van der Waals surface area (Å²) in [6, 6.07) is 12.8. The molecule has 66 heavy (non-hydrogen) atoms. The maximum atomic E-state index is 14.9. The summed E-state index contributed by atoms with van der Waals surface area (Å²) < 4.78 is 6.28. The molecule has 10 heteroatoms. The number of Topliss-reactive ketones (excluding diaryl/α,β-unsaturated/α-hetero) is 1. The smallest absolute Gasteiger partial charge is 0.243 e. The van der Waals surface area contributed by atoms with Crippen molar-refractivity contribution in [1.82, 2.24) is 10.6 Å². The van der Waals surface area contributed by atoms with E-state index >= 15 is 0 Å². The number of aliphatic hydroxyl groups is 4. The number of aryl methyl sites for hydroxylation is 1. The van der Waals surface area contributed by atoms with Crippen LogP contribution in [0.4, 0.5) is 0 Å². The van der Waals surface area contributed by atoms with E-state index in [-0.39, 0.29) is 37.9 Å². The fourth-order valence-corrected chi connectivity index (χ4v) is 12.2. The molecule has 2 spiro atoms. The molecule has 4 bridgehead atoms. The van der Waals surface area contributed by atoms with E-state index in [2.05, 4.69) is 72.4 Å². The van der Waals surface area contributed by atoms with Crippen LogP contribution in [0, 0.1) is 28.6 Å². The average Bonchev–Trinajstić information content (AvgIpc) is 3.57. The summed E-state index contributed by atoms with van der Waals surface area (Å²) in [5.41, 5.74) is 12.8. The number of aliphatic hydroxyl groups excluding tert-OH is 3. The molecule has 0 radical (unpaired) electrons. The summed E-state index contributed by atoms with van der Waals surface area (Å²) in [7, 11) is 0. The Labute approximate surface area is 390 Å². The number of hydrogen-bond donors (Lipinski definition) is 7. The highest BCUT2D eigenvalue weighted by molar-refractivity contribution is 5.98. The van der Waals surface area contributed by atoms with Crippen molar-refractivity contribution in [3.05, 3.63) is 141 Å². The Balaban J connectivity index is 1.21. The van der Waals surface area contributed by atoms with Gasteiger partial charge in [0.05, 0.1) is 30.5 Å². The van der Waals surface area contributed by atoms with Crippen molar-refractivity contribution in [3.63, 3.8) is 0 Å². The second-order valence-corrected chi connectivity index (χ2v) is 20.2. The Hall–Kier alpha value is -4.70. The number of ketones is 1. The molecule has 6 aliphatic rings. The molecule has 3 heterocycles. The molecule has 3 aliphatic carbocycles. The maximum absolute atomic E-state index is 14.9. The SMILES string of the molecule is C=C1C=C2C=CC3(CCC4(C5CCC(O)Cc6cccc(c6)CCC(O)CNC6C(=O)NC(N)c7cccc(c76)CC(=O)C(C)=C5CCC4(C)O)C3O)C(=C2)COCC#CCC(C)=CCC1. The fourth-order valence-electron chi connectivity index (χ4n) is 12.2. The van der Waals surface area contributed by atoms with Crippen LogP contribution in [-0.4, -0.2) is 75.8 Å². The lowest BCUT2D eigenvalue weighted by Gasteiger charge is -2.57. The predicted molar refractivity (Wildman–Crippen MR) is 257 cm³/mol. The number of nitrogens with one attached hydrogen (secondary N) is 2. The van der Waals surface area contributed by atoms with Gasteiger partial charge in [0.1, 0.15) is 18.8 Å². The van der Waals surface area contributed by atoms with Gasteiger partial charge in [0.15, 0.2) is 5.78 Å². The van der Waals surface area contributed by atoms with E-state index in [0.717, 1.165) is 46.3 Å². The molecule has 2 aromatic carbocycles. The third-order valence-corrected chi connectivity index (χ3v) is 15.9. The number of hydrogen-bond acceptors (Lipinski definition) is 9. The van der Waals surface area contributed by atoms with Crippen molar-refractivity contribution >= 4 is 11.7 Å². The molecular weight excluding hydrogens is 827 g/mol. The first-order chi connectivity index (χ1) is 31.6. The van der Waals surface area contributed by atoms with E-state index in [1.54, 1.807) is 0 Å². The Bertz CT molecular complexity index is 2450. The van der Waals surface area contributed by atoms with Crippen LogP contribution in [0.3, 0.4) is 0 Å². The second kappa shape index (κ2) is 19.9. The van der Waals surface area contributed by atoms with E-state index in [0.29, 0.717) is 86.5 Å². The van der Waals surface area contributed by atoms with Gasteiger partial charge in [-0.05, 0) is 142 Å². The molecule has 8 N–H and O–H groups in total. The number of carbonyl (C=O) groups excluding carboxylic acids is 2. The molecule has 8 rings (SSSR count). The molecule has 0 saturated heterocycles. The highest BCUT2D eigenvalue weighted by Gasteiger charge is 2.68. The maximum Gasteiger partial charge on any atom is 0.243 e. The van der Waals surface area contributed by atoms with Crippen LogP contribution < -0.4 is 16.4 Å². The third kappa shape index (κ3) is 9.55. The summed E-state index contributed by atoms with van der Waals surface area (Å²) in [6.45, 7) is 10.8. The number of rotatable bonds is 0. The van der Waals surface area contributed by atoms with E-state index in [9.17, 15) is 30.0 Å². The van der Waals surface area contributed by atoms with E-state index in [1.807, 2.05) is 50.2 Å². The molecule has 0 aromatic heterocycles. The molecule has 2 fully saturated rings. The summed E-state index contributed by atoms with van der Waals surface area (Å²) in [5, 5.41) is 55.4. The van der Waals surface area contributed by atoms with Crippen LogP contribution in [0.2, 0.25) is 0 Å². The minimum absolute atomic E-state index is 0.00496. The van der Waals surface area contributed by atoms with Crippen LogP contribution in [0.5, 0.6) is 0 Å². The molecule has 10 nitrogen and oxygen atoms in total. The van der Waals surface area contributed by atoms with Crippen molar-refractivity contribution in [2.45, 2.75) is 140 Å². The van der Waals surface area contributed by atoms with Gasteiger partial charge < -0.3 is 36.2 Å². The standard InChI is InChI=1S/C56H69N3O7/c1-35-10-5-6-27-66-34-42-30-40(28-36(2)12-7-11-35)21-24-55(42)25-26-56(53(55)64)47-20-19-43(60)31-39-14-8-13-38(29-39)17-18-44(61)33-58-50-49-41(15-9-16-46(49)51(57)59-52(50)63)32-48(62)37(3)45(47)22-23-54(56,4)65/h8-9,11,13-16,21,24,28-30,43-44,47,50-51,53,58,60-61,64-65H,2,7,10,12,17-20,22-23,25-27,31-34,57H2,1,3-4H3,(H,59,63). The van der Waals surface area contributed by atoms with Crippen molar-refractivity contribution < 1.29 is 34.8 Å². The van der Waals surface area contributed by atoms with Gasteiger partial charge in [0, 0.05) is 30.2 Å². The largest absolute Gasteiger partial charge is 0.393 e. The number of benzene rings is 2. The van der Waals surface area contributed by atoms with Gasteiger partial charge in [-0.1, -0.05) is 108 Å². The van der Waals surface area contributed by atoms with Crippen LogP contribution >= 0.6 is 0 Å². The van der Waals surface area contributed by atoms with Crippen molar-refractivity contribution in [2.75, 3.05) is 19.8 Å². The van der Waals surface area contributed by atoms with E-state index < -0.39 is 52.9 Å². The number of carbonyl (C=O) groups is 2. The zero-order chi connectivity index (χ0) is 46.8. The topological polar surface area (TPSA) is 174 Å². The van der Waals surface area contributed by atoms with Gasteiger partial charge in [-0.3, -0.25) is 14.9 Å². The minimum atomic E-state index is -1.33. The summed E-state index contributed by atoms with van der Waals surface area (Å²) in [6.07, 6.45) is 13.8. The molecule has 3 aliphatic heterocycles. The second-order valence-electron chi connectivity index (χ2n) is 20.2. The number of nitrogens with two attached hydrogens (primary N) is 1. The summed E-state index contributed by atoms with van der Waals surface area (Å²) in [5.74, 6) is 5.51. The highest BCUT2D eigenvalue weighted by atomic mass is 16.5. The number of ether oxygens (including phenoxy) is 1. The van der Waals surface area contributed by atoms with E-state index in [4.69, 9.17) is 10.5 Å². The Morgan fingerprint density at radius 1 is 0.924 bits per heavy atom. The quantitative estimate of drug-likeness (QED) is 0.109. The zero-order valence-corrected chi connectivity index (χ0v) is 39.0. The summed E-state index contributed by atoms with van der Waals surface area (Å²) in [4.78, 5) is 28.5. The minimum Gasteiger partial charge on any atom is -0.393 e. The van der Waals surface area contributed by atoms with Gasteiger partial charge in [0.2, 0.25) is 5.91 Å². The van der Waals surface area contributed by atoms with Crippen molar-refractivity contribution in [2.24, 2.45) is 22.5 Å². The Morgan fingerprint density at radius 2 is 1.73 bits per heavy atom. The molecule has 9 unspecified atom stereocenters. The average molecular weight is 896 g/mol. The lowest BCUT2D eigenvalue weighted by molar-refractivity contribution is -0.174. The molecule has 2 saturated carbocycles. The van der Waals surface area contributed by atoms with E-state index in [1.165, 1.54) is 5.57 Å². The highest BCUT2D eigenvalue weighted by Crippen LogP contribution is 2.67. The predicted octanol–water partition coefficient (Wildman–Crippen LogP) is 6.94. The molecule has 2 aromatic rings. The van der Waals surface area contributed by atoms with Crippen molar-refractivity contribution in [1.29, 1.82) is 0 Å². The van der Waals surface area contributed by atoms with Crippen LogP contribution in [0.1, 0.15) is 125 Å². The van der Waals surface area contributed by atoms with Gasteiger partial charge >= 0.3 is 0 Å².